The zero-order chi connectivity index (χ0) is 28.9. The number of phenolic OH excluding ortho intramolecular Hbond substituents is 2. The van der Waals surface area contributed by atoms with E-state index in [2.05, 4.69) is 17.4 Å². The average Bonchev–Trinajstić information content (AvgIpc) is 3.53. The number of carbonyl (C=O) groups excluding carboxylic acids is 3. The molecule has 1 aliphatic heterocycles. The molecule has 206 valence electrons. The normalized spacial score (nSPS) is 19.9. The number of ketones is 3. The van der Waals surface area contributed by atoms with Crippen LogP contribution in [0, 0.1) is 13.8 Å². The summed E-state index contributed by atoms with van der Waals surface area (Å²) < 4.78 is 11.5. The van der Waals surface area contributed by atoms with Crippen LogP contribution in [0.25, 0.3) is 0 Å². The van der Waals surface area contributed by atoms with Crippen LogP contribution in [0.2, 0.25) is 0 Å². The number of ether oxygens (including phenoxy) is 1. The molecular weight excluding hydrogens is 510 g/mol. The van der Waals surface area contributed by atoms with Gasteiger partial charge < -0.3 is 24.7 Å². The van der Waals surface area contributed by atoms with Gasteiger partial charge in [0.05, 0.1) is 17.4 Å². The number of fused-ring (bicyclic) bond motifs is 3. The molecule has 3 N–H and O–H groups in total. The van der Waals surface area contributed by atoms with Crippen LogP contribution in [0.15, 0.2) is 70.2 Å². The number of aryl methyl sites for hydroxylation is 1. The maximum absolute atomic E-state index is 14.0. The Kier molecular flexibility index (Phi) is 6.66. The van der Waals surface area contributed by atoms with Gasteiger partial charge in [0.2, 0.25) is 0 Å². The molecule has 0 bridgehead atoms. The monoisotopic (exact) mass is 541 g/mol. The van der Waals surface area contributed by atoms with Crippen molar-refractivity contribution in [1.29, 1.82) is 0 Å². The van der Waals surface area contributed by atoms with Gasteiger partial charge in [0.15, 0.2) is 17.3 Å². The molecule has 0 saturated heterocycles. The number of furan rings is 1. The van der Waals surface area contributed by atoms with Crippen LogP contribution in [0.3, 0.4) is 0 Å². The minimum atomic E-state index is -1.55. The van der Waals surface area contributed by atoms with Gasteiger partial charge in [-0.1, -0.05) is 29.8 Å². The summed E-state index contributed by atoms with van der Waals surface area (Å²) in [5.74, 6) is -1.67. The molecule has 5 rings (SSSR count). The van der Waals surface area contributed by atoms with Gasteiger partial charge in [-0.2, -0.15) is 0 Å². The third-order valence-corrected chi connectivity index (χ3v) is 7.95. The van der Waals surface area contributed by atoms with Gasteiger partial charge in [0.25, 0.3) is 0 Å². The topological polar surface area (TPSA) is 126 Å². The molecule has 2 heterocycles. The van der Waals surface area contributed by atoms with Crippen molar-refractivity contribution >= 4 is 17.3 Å². The van der Waals surface area contributed by atoms with Crippen LogP contribution in [0.4, 0.5) is 0 Å². The van der Waals surface area contributed by atoms with Crippen molar-refractivity contribution < 1.29 is 33.8 Å². The van der Waals surface area contributed by atoms with Gasteiger partial charge in [-0.25, -0.2) is 0 Å². The first-order valence-electron chi connectivity index (χ1n) is 13.1. The lowest BCUT2D eigenvalue weighted by molar-refractivity contribution is -0.123. The van der Waals surface area contributed by atoms with Crippen LogP contribution >= 0.6 is 0 Å². The summed E-state index contributed by atoms with van der Waals surface area (Å²) >= 11 is 0. The third-order valence-electron chi connectivity index (χ3n) is 7.95. The first-order valence-corrected chi connectivity index (χ1v) is 13.1. The molecule has 40 heavy (non-hydrogen) atoms. The fraction of sp³-hybridized carbons (Fsp3) is 0.281. The van der Waals surface area contributed by atoms with Gasteiger partial charge in [0.1, 0.15) is 39.7 Å². The standard InChI is InChI=1S/C32H31NO7/c1-16-8-10-20(11-9-16)21(23-7-6-14-39-23)12-13-33-18(3)25-22(35)15-24-32(5,31(25)38)27-29(37)17(2)28(36)26(19(4)34)30(27)40-24/h6-11,14-15,21,33,36-37H,12-13H2,1-5H3/b25-18+/t21?,32-/m0/s1. The van der Waals surface area contributed by atoms with Gasteiger partial charge in [-0.05, 0) is 58.7 Å². The molecule has 2 aromatic carbocycles. The Morgan fingerprint density at radius 1 is 1.05 bits per heavy atom. The maximum atomic E-state index is 14.0. The van der Waals surface area contributed by atoms with Crippen LogP contribution in [0.5, 0.6) is 17.2 Å². The Bertz CT molecular complexity index is 1610. The van der Waals surface area contributed by atoms with E-state index in [1.807, 2.05) is 31.2 Å². The number of carbonyl (C=O) groups is 3. The molecule has 1 aromatic heterocycles. The predicted molar refractivity (Wildman–Crippen MR) is 148 cm³/mol. The van der Waals surface area contributed by atoms with Crippen LogP contribution in [0.1, 0.15) is 71.5 Å². The summed E-state index contributed by atoms with van der Waals surface area (Å²) in [5, 5.41) is 24.8. The van der Waals surface area contributed by atoms with E-state index >= 15 is 0 Å². The van der Waals surface area contributed by atoms with Crippen LogP contribution in [-0.2, 0) is 15.0 Å². The Morgan fingerprint density at radius 2 is 1.75 bits per heavy atom. The predicted octanol–water partition coefficient (Wildman–Crippen LogP) is 5.28. The van der Waals surface area contributed by atoms with Crippen molar-refractivity contribution in [2.45, 2.75) is 52.4 Å². The van der Waals surface area contributed by atoms with Crippen LogP contribution < -0.4 is 10.1 Å². The van der Waals surface area contributed by atoms with Crippen molar-refractivity contribution in [1.82, 2.24) is 5.32 Å². The largest absolute Gasteiger partial charge is 0.507 e. The highest BCUT2D eigenvalue weighted by Crippen LogP contribution is 2.57. The number of nitrogens with one attached hydrogen (secondary N) is 1. The van der Waals surface area contributed by atoms with E-state index in [9.17, 15) is 24.6 Å². The van der Waals surface area contributed by atoms with Gasteiger partial charge in [-0.15, -0.1) is 0 Å². The molecule has 0 spiro atoms. The molecule has 0 radical (unpaired) electrons. The van der Waals surface area contributed by atoms with E-state index in [0.717, 1.165) is 16.9 Å². The van der Waals surface area contributed by atoms with E-state index in [4.69, 9.17) is 9.15 Å². The Balaban J connectivity index is 1.47. The summed E-state index contributed by atoms with van der Waals surface area (Å²) in [6.07, 6.45) is 3.49. The number of rotatable bonds is 7. The highest BCUT2D eigenvalue weighted by atomic mass is 16.5. The number of phenols is 2. The van der Waals surface area contributed by atoms with E-state index in [0.29, 0.717) is 18.7 Å². The number of hydrogen-bond acceptors (Lipinski definition) is 8. The van der Waals surface area contributed by atoms with Crippen molar-refractivity contribution in [3.63, 3.8) is 0 Å². The van der Waals surface area contributed by atoms with Gasteiger partial charge >= 0.3 is 0 Å². The molecular formula is C32H31NO7. The summed E-state index contributed by atoms with van der Waals surface area (Å²) in [7, 11) is 0. The maximum Gasteiger partial charge on any atom is 0.194 e. The molecule has 1 aliphatic carbocycles. The molecule has 2 atom stereocenters. The Labute approximate surface area is 232 Å². The molecule has 8 nitrogen and oxygen atoms in total. The first kappa shape index (κ1) is 27.0. The van der Waals surface area contributed by atoms with E-state index < -0.39 is 28.5 Å². The molecule has 0 fully saturated rings. The fourth-order valence-electron chi connectivity index (χ4n) is 5.62. The second-order valence-corrected chi connectivity index (χ2v) is 10.6. The van der Waals surface area contributed by atoms with Crippen molar-refractivity contribution in [2.24, 2.45) is 0 Å². The van der Waals surface area contributed by atoms with E-state index in [-0.39, 0.29) is 45.4 Å². The SMILES string of the molecule is CC(=O)c1c(O)c(C)c(O)c2c1OC1=CC(=O)/C(=C(/C)NCCC(c3ccc(C)cc3)c3ccco3)C(=O)[C@@]12C. The summed E-state index contributed by atoms with van der Waals surface area (Å²) in [6.45, 7) is 8.40. The molecule has 1 unspecified atom stereocenters. The highest BCUT2D eigenvalue weighted by Gasteiger charge is 2.56. The lowest BCUT2D eigenvalue weighted by Crippen LogP contribution is -2.41. The molecule has 0 saturated carbocycles. The zero-order valence-electron chi connectivity index (χ0n) is 23.0. The minimum Gasteiger partial charge on any atom is -0.507 e. The molecule has 0 amide bonds. The fourth-order valence-corrected chi connectivity index (χ4v) is 5.62. The summed E-state index contributed by atoms with van der Waals surface area (Å²) in [4.78, 5) is 39.6. The third kappa shape index (κ3) is 4.11. The van der Waals surface area contributed by atoms with Crippen molar-refractivity contribution in [3.05, 3.63) is 99.3 Å². The second kappa shape index (κ2) is 9.86. The number of aromatic hydroxyl groups is 2. The lowest BCUT2D eigenvalue weighted by atomic mass is 9.70. The molecule has 3 aromatic rings. The first-order chi connectivity index (χ1) is 19.0. The highest BCUT2D eigenvalue weighted by molar-refractivity contribution is 6.31. The zero-order valence-corrected chi connectivity index (χ0v) is 23.0. The van der Waals surface area contributed by atoms with E-state index in [1.54, 1.807) is 20.1 Å². The number of Topliss-reactive ketones (excluding diaryl/α,β-unsaturated/α-hetero) is 2. The van der Waals surface area contributed by atoms with Crippen LogP contribution in [-0.4, -0.2) is 34.1 Å². The smallest absolute Gasteiger partial charge is 0.194 e. The number of allylic oxidation sites excluding steroid dienone is 4. The quantitative estimate of drug-likeness (QED) is 0.210. The second-order valence-electron chi connectivity index (χ2n) is 10.6. The molecule has 8 heteroatoms. The summed E-state index contributed by atoms with van der Waals surface area (Å²) in [6, 6.07) is 12.0. The lowest BCUT2D eigenvalue weighted by Gasteiger charge is -2.29. The van der Waals surface area contributed by atoms with Crippen molar-refractivity contribution in [2.75, 3.05) is 6.54 Å². The van der Waals surface area contributed by atoms with E-state index in [1.165, 1.54) is 19.9 Å². The molecule has 2 aliphatic rings. The van der Waals surface area contributed by atoms with Gasteiger partial charge in [-0.3, -0.25) is 14.4 Å². The minimum absolute atomic E-state index is 0.00843. The average molecular weight is 542 g/mol. The summed E-state index contributed by atoms with van der Waals surface area (Å²) in [5.41, 5.74) is 1.02. The van der Waals surface area contributed by atoms with Gasteiger partial charge in [0, 0.05) is 29.8 Å². The Morgan fingerprint density at radius 3 is 2.38 bits per heavy atom. The van der Waals surface area contributed by atoms with Crippen molar-refractivity contribution in [3.8, 4) is 17.2 Å². The number of benzene rings is 2. The number of hydrogen-bond donors (Lipinski definition) is 3. The Hall–Kier alpha value is -4.59.